The van der Waals surface area contributed by atoms with E-state index in [1.54, 1.807) is 0 Å². The third-order valence-electron chi connectivity index (χ3n) is 8.41. The molecule has 0 aliphatic carbocycles. The molecule has 1 N–H and O–H groups in total. The normalized spacial score (nSPS) is 15.4. The van der Waals surface area contributed by atoms with Crippen LogP contribution in [0.4, 0.5) is 0 Å². The van der Waals surface area contributed by atoms with Crippen molar-refractivity contribution in [3.63, 3.8) is 0 Å². The van der Waals surface area contributed by atoms with Gasteiger partial charge in [0.25, 0.3) is 0 Å². The van der Waals surface area contributed by atoms with Crippen molar-refractivity contribution in [2.24, 2.45) is 22.7 Å². The molecule has 0 spiro atoms. The van der Waals surface area contributed by atoms with E-state index in [4.69, 9.17) is 9.47 Å². The topological polar surface area (TPSA) is 38.7 Å². The Morgan fingerprint density at radius 1 is 0.732 bits per heavy atom. The molecular weight excluding hydrogens is 504 g/mol. The Hall–Kier alpha value is -2.78. The molecule has 0 aliphatic heterocycles. The minimum Gasteiger partial charge on any atom is -0.508 e. The number of phenols is 1. The van der Waals surface area contributed by atoms with Crippen molar-refractivity contribution < 1.29 is 14.6 Å². The maximum atomic E-state index is 9.87. The molecule has 0 radical (unpaired) electrons. The third kappa shape index (κ3) is 9.92. The van der Waals surface area contributed by atoms with Gasteiger partial charge in [-0.25, -0.2) is 0 Å². The Kier molecular flexibility index (Phi) is 11.5. The van der Waals surface area contributed by atoms with Gasteiger partial charge in [-0.1, -0.05) is 110 Å². The highest BCUT2D eigenvalue weighted by molar-refractivity contribution is 5.31. The van der Waals surface area contributed by atoms with Crippen molar-refractivity contribution in [1.29, 1.82) is 0 Å². The highest BCUT2D eigenvalue weighted by atomic mass is 16.7. The first-order valence-corrected chi connectivity index (χ1v) is 15.5. The predicted molar refractivity (Wildman–Crippen MR) is 173 cm³/mol. The highest BCUT2D eigenvalue weighted by Gasteiger charge is 2.40. The fraction of sp³-hybridized carbons (Fsp3) is 0.526. The lowest BCUT2D eigenvalue weighted by molar-refractivity contribution is -0.0654. The molecule has 3 nitrogen and oxygen atoms in total. The molecule has 0 amide bonds. The first-order valence-electron chi connectivity index (χ1n) is 15.5. The first kappa shape index (κ1) is 32.7. The van der Waals surface area contributed by atoms with Crippen LogP contribution < -0.4 is 4.74 Å². The number of aromatic hydroxyl groups is 1. The van der Waals surface area contributed by atoms with Gasteiger partial charge in [0.15, 0.2) is 6.29 Å². The van der Waals surface area contributed by atoms with E-state index in [2.05, 4.69) is 116 Å². The average Bonchev–Trinajstić information content (AvgIpc) is 2.88. The van der Waals surface area contributed by atoms with Gasteiger partial charge in [0, 0.05) is 0 Å². The molecule has 0 aromatic heterocycles. The van der Waals surface area contributed by atoms with Crippen molar-refractivity contribution in [2.75, 3.05) is 6.61 Å². The molecular formula is C38H54O3. The summed E-state index contributed by atoms with van der Waals surface area (Å²) in [5.41, 5.74) is 4.17. The molecule has 0 fully saturated rings. The average molecular weight is 559 g/mol. The van der Waals surface area contributed by atoms with Gasteiger partial charge in [0.05, 0.1) is 6.61 Å². The standard InChI is InChI=1S/C38H54O3/c1-27(2)35(25-28(3)26-38(8,9)36(37(5,6)7)32-15-19-33(39)20-16-32)31-17-21-34(22-18-31)41-29(4)40-24-23-30-13-11-10-12-14-30/h10-22,27-29,35-36,39H,23-26H2,1-9H3. The lowest BCUT2D eigenvalue weighted by atomic mass is 9.60. The zero-order valence-electron chi connectivity index (χ0n) is 27.0. The van der Waals surface area contributed by atoms with E-state index in [1.807, 2.05) is 25.1 Å². The van der Waals surface area contributed by atoms with Crippen LogP contribution in [0.5, 0.6) is 11.5 Å². The summed E-state index contributed by atoms with van der Waals surface area (Å²) in [5.74, 6) is 3.14. The van der Waals surface area contributed by atoms with Gasteiger partial charge in [-0.3, -0.25) is 0 Å². The van der Waals surface area contributed by atoms with Crippen LogP contribution in [-0.4, -0.2) is 18.0 Å². The van der Waals surface area contributed by atoms with E-state index in [-0.39, 0.29) is 17.1 Å². The first-order chi connectivity index (χ1) is 19.3. The van der Waals surface area contributed by atoms with Crippen LogP contribution in [-0.2, 0) is 11.2 Å². The molecule has 0 saturated heterocycles. The fourth-order valence-electron chi connectivity index (χ4n) is 7.12. The number of hydrogen-bond donors (Lipinski definition) is 1. The Bertz CT molecular complexity index is 1160. The molecule has 0 heterocycles. The highest BCUT2D eigenvalue weighted by Crippen LogP contribution is 2.51. The van der Waals surface area contributed by atoms with Crippen molar-refractivity contribution in [3.8, 4) is 11.5 Å². The molecule has 0 aliphatic rings. The molecule has 3 heteroatoms. The molecule has 41 heavy (non-hydrogen) atoms. The summed E-state index contributed by atoms with van der Waals surface area (Å²) < 4.78 is 12.0. The predicted octanol–water partition coefficient (Wildman–Crippen LogP) is 10.4. The van der Waals surface area contributed by atoms with Crippen molar-refractivity contribution in [1.82, 2.24) is 0 Å². The number of rotatable bonds is 14. The van der Waals surface area contributed by atoms with Gasteiger partial charge in [-0.15, -0.1) is 0 Å². The van der Waals surface area contributed by atoms with E-state index >= 15 is 0 Å². The fourth-order valence-corrected chi connectivity index (χ4v) is 7.12. The van der Waals surface area contributed by atoms with Gasteiger partial charge in [-0.2, -0.15) is 0 Å². The Labute approximate surface area is 250 Å². The minimum absolute atomic E-state index is 0.102. The Morgan fingerprint density at radius 2 is 1.32 bits per heavy atom. The molecule has 224 valence electrons. The quantitative estimate of drug-likeness (QED) is 0.200. The number of ether oxygens (including phenoxy) is 2. The van der Waals surface area contributed by atoms with E-state index in [0.29, 0.717) is 36.0 Å². The molecule has 0 bridgehead atoms. The molecule has 4 unspecified atom stereocenters. The third-order valence-corrected chi connectivity index (χ3v) is 8.41. The summed E-state index contributed by atoms with van der Waals surface area (Å²) in [6, 6.07) is 26.9. The van der Waals surface area contributed by atoms with Gasteiger partial charge >= 0.3 is 0 Å². The van der Waals surface area contributed by atoms with Crippen LogP contribution in [0.3, 0.4) is 0 Å². The van der Waals surface area contributed by atoms with Gasteiger partial charge in [0.1, 0.15) is 11.5 Å². The zero-order valence-corrected chi connectivity index (χ0v) is 27.0. The lowest BCUT2D eigenvalue weighted by Crippen LogP contribution is -2.34. The zero-order chi connectivity index (χ0) is 30.2. The van der Waals surface area contributed by atoms with Crippen LogP contribution in [0.15, 0.2) is 78.9 Å². The van der Waals surface area contributed by atoms with Crippen molar-refractivity contribution in [2.45, 2.75) is 99.7 Å². The van der Waals surface area contributed by atoms with Crippen molar-refractivity contribution in [3.05, 3.63) is 95.6 Å². The molecule has 4 atom stereocenters. The van der Waals surface area contributed by atoms with Crippen molar-refractivity contribution >= 4 is 0 Å². The maximum absolute atomic E-state index is 9.87. The molecule has 3 rings (SSSR count). The lowest BCUT2D eigenvalue weighted by Gasteiger charge is -2.45. The van der Waals surface area contributed by atoms with E-state index in [0.717, 1.165) is 25.0 Å². The molecule has 0 saturated carbocycles. The summed E-state index contributed by atoms with van der Waals surface area (Å²) in [4.78, 5) is 0. The van der Waals surface area contributed by atoms with E-state index in [1.165, 1.54) is 16.7 Å². The summed E-state index contributed by atoms with van der Waals surface area (Å²) in [6.07, 6.45) is 2.87. The van der Waals surface area contributed by atoms with Gasteiger partial charge in [-0.05, 0) is 102 Å². The second-order valence-corrected chi connectivity index (χ2v) is 14.1. The largest absolute Gasteiger partial charge is 0.508 e. The smallest absolute Gasteiger partial charge is 0.196 e. The minimum atomic E-state index is -0.294. The summed E-state index contributed by atoms with van der Waals surface area (Å²) in [5, 5.41) is 9.87. The number of phenolic OH excluding ortho intramolecular Hbond substituents is 1. The van der Waals surface area contributed by atoms with Gasteiger partial charge < -0.3 is 14.6 Å². The molecule has 3 aromatic rings. The summed E-state index contributed by atoms with van der Waals surface area (Å²) in [6.45, 7) is 21.6. The van der Waals surface area contributed by atoms with Crippen LogP contribution in [0.25, 0.3) is 0 Å². The maximum Gasteiger partial charge on any atom is 0.196 e. The Balaban J connectivity index is 1.61. The van der Waals surface area contributed by atoms with E-state index in [9.17, 15) is 5.11 Å². The summed E-state index contributed by atoms with van der Waals surface area (Å²) >= 11 is 0. The Morgan fingerprint density at radius 3 is 1.88 bits per heavy atom. The molecule has 3 aromatic carbocycles. The van der Waals surface area contributed by atoms with Crippen LogP contribution in [0, 0.1) is 22.7 Å². The number of hydrogen-bond acceptors (Lipinski definition) is 3. The second-order valence-electron chi connectivity index (χ2n) is 14.1. The van der Waals surface area contributed by atoms with Crippen LogP contribution >= 0.6 is 0 Å². The van der Waals surface area contributed by atoms with Gasteiger partial charge in [0.2, 0.25) is 0 Å². The number of benzene rings is 3. The van der Waals surface area contributed by atoms with Crippen LogP contribution in [0.2, 0.25) is 0 Å². The monoisotopic (exact) mass is 558 g/mol. The second kappa shape index (κ2) is 14.4. The van der Waals surface area contributed by atoms with E-state index < -0.39 is 0 Å². The SMILES string of the molecule is CC(CC(c1ccc(OC(C)OCCc2ccccc2)cc1)C(C)C)CC(C)(C)C(c1ccc(O)cc1)C(C)(C)C. The van der Waals surface area contributed by atoms with Crippen LogP contribution in [0.1, 0.15) is 104 Å². The summed E-state index contributed by atoms with van der Waals surface area (Å²) in [7, 11) is 0.